The quantitative estimate of drug-likeness (QED) is 0.385. The Bertz CT molecular complexity index is 752. The number of unbranched alkanes of at least 4 members (excludes halogenated alkanes) is 4. The van der Waals surface area contributed by atoms with Crippen molar-refractivity contribution in [3.8, 4) is 0 Å². The average Bonchev–Trinajstić information content (AvgIpc) is 2.96. The van der Waals surface area contributed by atoms with E-state index in [1.54, 1.807) is 0 Å². The molecule has 0 atom stereocenters. The van der Waals surface area contributed by atoms with Crippen LogP contribution in [0.3, 0.4) is 0 Å². The van der Waals surface area contributed by atoms with Crippen molar-refractivity contribution >= 4 is 39.3 Å². The Morgan fingerprint density at radius 1 is 1.15 bits per heavy atom. The van der Waals surface area contributed by atoms with Gasteiger partial charge in [-0.3, -0.25) is 4.79 Å². The molecule has 0 aliphatic rings. The van der Waals surface area contributed by atoms with Gasteiger partial charge < -0.3 is 9.88 Å². The minimum atomic E-state index is -0.0300. The van der Waals surface area contributed by atoms with Crippen molar-refractivity contribution < 1.29 is 4.79 Å². The average molecular weight is 453 g/mol. The van der Waals surface area contributed by atoms with Crippen molar-refractivity contribution in [2.75, 3.05) is 11.1 Å². The molecule has 0 saturated carbocycles. The first-order valence-electron chi connectivity index (χ1n) is 9.50. The van der Waals surface area contributed by atoms with Crippen LogP contribution in [0.4, 0.5) is 5.69 Å². The first-order valence-corrected chi connectivity index (χ1v) is 11.3. The third kappa shape index (κ3) is 6.64. The van der Waals surface area contributed by atoms with Crippen LogP contribution in [0.1, 0.15) is 56.0 Å². The number of aromatic nitrogens is 3. The summed E-state index contributed by atoms with van der Waals surface area (Å²) in [6.07, 6.45) is 7.15. The molecule has 0 aliphatic carbocycles. The summed E-state index contributed by atoms with van der Waals surface area (Å²) in [5.74, 6) is 1.28. The highest BCUT2D eigenvalue weighted by atomic mass is 79.9. The minimum absolute atomic E-state index is 0.0300. The van der Waals surface area contributed by atoms with Gasteiger partial charge >= 0.3 is 0 Å². The van der Waals surface area contributed by atoms with Crippen LogP contribution in [0, 0.1) is 13.8 Å². The largest absolute Gasteiger partial charge is 0.325 e. The monoisotopic (exact) mass is 452 g/mol. The lowest BCUT2D eigenvalue weighted by molar-refractivity contribution is -0.113. The maximum atomic E-state index is 12.4. The Balaban J connectivity index is 1.85. The first kappa shape index (κ1) is 22.0. The molecule has 5 nitrogen and oxygen atoms in total. The number of rotatable bonds is 10. The normalized spacial score (nSPS) is 11.0. The van der Waals surface area contributed by atoms with Gasteiger partial charge in [0, 0.05) is 23.6 Å². The number of hydrogen-bond donors (Lipinski definition) is 1. The van der Waals surface area contributed by atoms with E-state index in [1.165, 1.54) is 37.4 Å². The van der Waals surface area contributed by atoms with Crippen LogP contribution in [0.15, 0.2) is 21.8 Å². The fourth-order valence-electron chi connectivity index (χ4n) is 2.99. The molecular formula is C20H29BrN4OS. The van der Waals surface area contributed by atoms with Crippen molar-refractivity contribution in [3.05, 3.63) is 33.6 Å². The van der Waals surface area contributed by atoms with Crippen molar-refractivity contribution in [2.24, 2.45) is 7.05 Å². The van der Waals surface area contributed by atoms with E-state index in [2.05, 4.69) is 38.4 Å². The summed E-state index contributed by atoms with van der Waals surface area (Å²) in [5.41, 5.74) is 2.98. The number of carbonyl (C=O) groups is 1. The summed E-state index contributed by atoms with van der Waals surface area (Å²) in [4.78, 5) is 12.4. The molecule has 0 aliphatic heterocycles. The SMILES string of the molecule is CCCCCCCc1nnc(SCC(=O)Nc2c(C)cc(Br)cc2C)n1C. The zero-order chi connectivity index (χ0) is 19.8. The molecule has 1 aromatic carbocycles. The Labute approximate surface area is 174 Å². The van der Waals surface area contributed by atoms with E-state index in [0.29, 0.717) is 5.75 Å². The highest BCUT2D eigenvalue weighted by Crippen LogP contribution is 2.25. The van der Waals surface area contributed by atoms with E-state index in [9.17, 15) is 4.79 Å². The van der Waals surface area contributed by atoms with Crippen molar-refractivity contribution in [1.82, 2.24) is 14.8 Å². The summed E-state index contributed by atoms with van der Waals surface area (Å²) in [6.45, 7) is 6.22. The molecule has 2 rings (SSSR count). The predicted octanol–water partition coefficient (Wildman–Crippen LogP) is 5.44. The molecule has 0 unspecified atom stereocenters. The molecule has 148 valence electrons. The van der Waals surface area contributed by atoms with Crippen LogP contribution in [0.25, 0.3) is 0 Å². The zero-order valence-electron chi connectivity index (χ0n) is 16.6. The van der Waals surface area contributed by atoms with Gasteiger partial charge in [0.05, 0.1) is 5.75 Å². The fourth-order valence-corrected chi connectivity index (χ4v) is 4.41. The molecule has 7 heteroatoms. The van der Waals surface area contributed by atoms with Gasteiger partial charge in [-0.15, -0.1) is 10.2 Å². The van der Waals surface area contributed by atoms with E-state index < -0.39 is 0 Å². The molecule has 0 radical (unpaired) electrons. The molecule has 0 fully saturated rings. The number of thioether (sulfide) groups is 1. The van der Waals surface area contributed by atoms with Crippen LogP contribution in [-0.4, -0.2) is 26.4 Å². The minimum Gasteiger partial charge on any atom is -0.325 e. The van der Waals surface area contributed by atoms with Gasteiger partial charge in [0.2, 0.25) is 5.91 Å². The zero-order valence-corrected chi connectivity index (χ0v) is 19.0. The third-order valence-electron chi connectivity index (χ3n) is 4.52. The van der Waals surface area contributed by atoms with E-state index >= 15 is 0 Å². The van der Waals surface area contributed by atoms with Crippen LogP contribution >= 0.6 is 27.7 Å². The maximum absolute atomic E-state index is 12.4. The lowest BCUT2D eigenvalue weighted by Crippen LogP contribution is -2.16. The molecule has 1 amide bonds. The number of amides is 1. The van der Waals surface area contributed by atoms with Crippen LogP contribution in [0.2, 0.25) is 0 Å². The van der Waals surface area contributed by atoms with E-state index in [-0.39, 0.29) is 5.91 Å². The second-order valence-electron chi connectivity index (χ2n) is 6.87. The Kier molecular flexibility index (Phi) is 8.83. The molecule has 0 spiro atoms. The number of anilines is 1. The number of carbonyl (C=O) groups excluding carboxylic acids is 1. The predicted molar refractivity (Wildman–Crippen MR) is 116 cm³/mol. The van der Waals surface area contributed by atoms with Crippen molar-refractivity contribution in [2.45, 2.75) is 64.5 Å². The Morgan fingerprint density at radius 3 is 2.48 bits per heavy atom. The van der Waals surface area contributed by atoms with E-state index in [1.807, 2.05) is 37.6 Å². The maximum Gasteiger partial charge on any atom is 0.234 e. The fraction of sp³-hybridized carbons (Fsp3) is 0.550. The first-order chi connectivity index (χ1) is 12.9. The lowest BCUT2D eigenvalue weighted by Gasteiger charge is -2.12. The standard InChI is InChI=1S/C20H29BrN4OS/c1-5-6-7-8-9-10-17-23-24-20(25(17)4)27-13-18(26)22-19-14(2)11-16(21)12-15(19)3/h11-12H,5-10,13H2,1-4H3,(H,22,26). The van der Waals surface area contributed by atoms with Crippen molar-refractivity contribution in [3.63, 3.8) is 0 Å². The Morgan fingerprint density at radius 2 is 1.81 bits per heavy atom. The highest BCUT2D eigenvalue weighted by Gasteiger charge is 2.13. The number of hydrogen-bond acceptors (Lipinski definition) is 4. The molecule has 27 heavy (non-hydrogen) atoms. The lowest BCUT2D eigenvalue weighted by atomic mass is 10.1. The molecule has 0 bridgehead atoms. The summed E-state index contributed by atoms with van der Waals surface area (Å²) in [7, 11) is 1.98. The number of halogens is 1. The molecular weight excluding hydrogens is 424 g/mol. The van der Waals surface area contributed by atoms with Crippen LogP contribution < -0.4 is 5.32 Å². The second kappa shape index (κ2) is 10.9. The second-order valence-corrected chi connectivity index (χ2v) is 8.73. The van der Waals surface area contributed by atoms with E-state index in [4.69, 9.17) is 0 Å². The third-order valence-corrected chi connectivity index (χ3v) is 6.00. The number of nitrogens with zero attached hydrogens (tertiary/aromatic N) is 3. The molecule has 1 aromatic heterocycles. The topological polar surface area (TPSA) is 59.8 Å². The van der Waals surface area contributed by atoms with Gasteiger partial charge in [-0.1, -0.05) is 60.3 Å². The summed E-state index contributed by atoms with van der Waals surface area (Å²) >= 11 is 4.91. The van der Waals surface area contributed by atoms with Gasteiger partial charge in [-0.05, 0) is 43.5 Å². The molecule has 2 aromatic rings. The molecule has 1 N–H and O–H groups in total. The number of nitrogens with one attached hydrogen (secondary N) is 1. The number of benzene rings is 1. The number of aryl methyl sites for hydroxylation is 3. The molecule has 1 heterocycles. The van der Waals surface area contributed by atoms with Crippen molar-refractivity contribution in [1.29, 1.82) is 0 Å². The van der Waals surface area contributed by atoms with Crippen LogP contribution in [0.5, 0.6) is 0 Å². The van der Waals surface area contributed by atoms with Gasteiger partial charge in [-0.25, -0.2) is 0 Å². The summed E-state index contributed by atoms with van der Waals surface area (Å²) < 4.78 is 3.03. The van der Waals surface area contributed by atoms with Gasteiger partial charge in [0.1, 0.15) is 5.82 Å². The summed E-state index contributed by atoms with van der Waals surface area (Å²) in [5, 5.41) is 12.3. The van der Waals surface area contributed by atoms with Gasteiger partial charge in [-0.2, -0.15) is 0 Å². The molecule has 0 saturated heterocycles. The summed E-state index contributed by atoms with van der Waals surface area (Å²) in [6, 6.07) is 4.01. The Hall–Kier alpha value is -1.34. The van der Waals surface area contributed by atoms with E-state index in [0.717, 1.165) is 45.1 Å². The smallest absolute Gasteiger partial charge is 0.234 e. The van der Waals surface area contributed by atoms with Gasteiger partial charge in [0.25, 0.3) is 0 Å². The van der Waals surface area contributed by atoms with Gasteiger partial charge in [0.15, 0.2) is 5.16 Å². The highest BCUT2D eigenvalue weighted by molar-refractivity contribution is 9.10. The van der Waals surface area contributed by atoms with Crippen LogP contribution in [-0.2, 0) is 18.3 Å².